The topological polar surface area (TPSA) is 38.7 Å². The van der Waals surface area contributed by atoms with Gasteiger partial charge in [-0.1, -0.05) is 6.92 Å². The number of nitrogens with zero attached hydrogens (tertiary/aromatic N) is 3. The second-order valence-electron chi connectivity index (χ2n) is 4.66. The smallest absolute Gasteiger partial charge is 0.165 e. The van der Waals surface area contributed by atoms with E-state index < -0.39 is 5.67 Å². The molecule has 0 saturated heterocycles. The largest absolute Gasteiger partial charge is 0.261 e. The molecule has 0 fully saturated rings. The van der Waals surface area contributed by atoms with E-state index in [2.05, 4.69) is 21.9 Å². The van der Waals surface area contributed by atoms with E-state index in [9.17, 15) is 4.39 Å². The van der Waals surface area contributed by atoms with Crippen LogP contribution in [-0.2, 0) is 12.1 Å². The first-order valence-electron chi connectivity index (χ1n) is 5.97. The van der Waals surface area contributed by atoms with Crippen molar-refractivity contribution in [2.75, 3.05) is 0 Å². The lowest BCUT2D eigenvalue weighted by Crippen LogP contribution is -2.13. The molecule has 2 rings (SSSR count). The van der Waals surface area contributed by atoms with Gasteiger partial charge in [-0.25, -0.2) is 14.4 Å². The third kappa shape index (κ3) is 2.70. The third-order valence-electron chi connectivity index (χ3n) is 2.70. The maximum atomic E-state index is 13.6. The minimum atomic E-state index is -1.51. The fraction of sp³-hybridized carbons (Fsp3) is 0.357. The van der Waals surface area contributed by atoms with Gasteiger partial charge in [-0.3, -0.25) is 4.98 Å². The van der Waals surface area contributed by atoms with Gasteiger partial charge in [-0.2, -0.15) is 0 Å². The molecule has 0 radical (unpaired) electrons. The van der Waals surface area contributed by atoms with Gasteiger partial charge in [0.1, 0.15) is 0 Å². The van der Waals surface area contributed by atoms with Gasteiger partial charge in [0.15, 0.2) is 11.5 Å². The zero-order valence-electron chi connectivity index (χ0n) is 10.8. The molecular weight excluding hydrogens is 229 g/mol. The van der Waals surface area contributed by atoms with Gasteiger partial charge in [0.05, 0.1) is 0 Å². The van der Waals surface area contributed by atoms with Crippen LogP contribution in [0.3, 0.4) is 0 Å². The number of aromatic nitrogens is 3. The lowest BCUT2D eigenvalue weighted by Gasteiger charge is -2.12. The maximum Gasteiger partial charge on any atom is 0.165 e. The minimum absolute atomic E-state index is 0.205. The van der Waals surface area contributed by atoms with Crippen LogP contribution in [0.5, 0.6) is 0 Å². The minimum Gasteiger partial charge on any atom is -0.261 e. The SMILES string of the molecule is CCc1cc(-c2cnc(C(C)(C)F)nc2)ccn1. The predicted octanol–water partition coefficient (Wildman–Crippen LogP) is 3.31. The van der Waals surface area contributed by atoms with Gasteiger partial charge < -0.3 is 0 Å². The molecule has 0 saturated carbocycles. The average molecular weight is 245 g/mol. The number of hydrogen-bond donors (Lipinski definition) is 0. The fourth-order valence-corrected chi connectivity index (χ4v) is 1.64. The van der Waals surface area contributed by atoms with Crippen molar-refractivity contribution >= 4 is 0 Å². The summed E-state index contributed by atoms with van der Waals surface area (Å²) in [5, 5.41) is 0. The standard InChI is InChI=1S/C14H16FN3/c1-4-12-7-10(5-6-16-12)11-8-17-13(18-9-11)14(2,3)15/h5-9H,4H2,1-3H3. The van der Waals surface area contributed by atoms with Crippen molar-refractivity contribution in [1.29, 1.82) is 0 Å². The predicted molar refractivity (Wildman–Crippen MR) is 68.8 cm³/mol. The molecule has 4 heteroatoms. The van der Waals surface area contributed by atoms with Crippen LogP contribution in [0.25, 0.3) is 11.1 Å². The summed E-state index contributed by atoms with van der Waals surface area (Å²) in [6.45, 7) is 4.95. The second kappa shape index (κ2) is 4.80. The van der Waals surface area contributed by atoms with Crippen LogP contribution in [0.1, 0.15) is 32.3 Å². The second-order valence-corrected chi connectivity index (χ2v) is 4.66. The third-order valence-corrected chi connectivity index (χ3v) is 2.70. The summed E-state index contributed by atoms with van der Waals surface area (Å²) in [5.41, 5.74) is 1.39. The van der Waals surface area contributed by atoms with Crippen molar-refractivity contribution in [3.8, 4) is 11.1 Å². The molecule has 0 bridgehead atoms. The van der Waals surface area contributed by atoms with Gasteiger partial charge in [0.25, 0.3) is 0 Å². The van der Waals surface area contributed by atoms with Gasteiger partial charge in [-0.05, 0) is 38.0 Å². The van der Waals surface area contributed by atoms with Gasteiger partial charge in [0.2, 0.25) is 0 Å². The van der Waals surface area contributed by atoms with Gasteiger partial charge in [0, 0.05) is 29.8 Å². The Labute approximate surface area is 106 Å². The Balaban J connectivity index is 2.34. The summed E-state index contributed by atoms with van der Waals surface area (Å²) in [6, 6.07) is 3.90. The molecule has 0 spiro atoms. The fourth-order valence-electron chi connectivity index (χ4n) is 1.64. The highest BCUT2D eigenvalue weighted by Crippen LogP contribution is 2.23. The normalized spacial score (nSPS) is 11.6. The Morgan fingerprint density at radius 3 is 2.33 bits per heavy atom. The number of aryl methyl sites for hydroxylation is 1. The van der Waals surface area contributed by atoms with E-state index in [0.29, 0.717) is 0 Å². The van der Waals surface area contributed by atoms with E-state index in [1.54, 1.807) is 18.6 Å². The summed E-state index contributed by atoms with van der Waals surface area (Å²) in [7, 11) is 0. The van der Waals surface area contributed by atoms with Crippen LogP contribution in [0.15, 0.2) is 30.7 Å². The summed E-state index contributed by atoms with van der Waals surface area (Å²) < 4.78 is 13.6. The highest BCUT2D eigenvalue weighted by atomic mass is 19.1. The van der Waals surface area contributed by atoms with E-state index in [-0.39, 0.29) is 5.82 Å². The van der Waals surface area contributed by atoms with E-state index in [1.807, 2.05) is 12.1 Å². The summed E-state index contributed by atoms with van der Waals surface area (Å²) in [6.07, 6.45) is 5.95. The summed E-state index contributed by atoms with van der Waals surface area (Å²) >= 11 is 0. The lowest BCUT2D eigenvalue weighted by atomic mass is 10.1. The molecule has 0 aliphatic rings. The molecule has 2 heterocycles. The molecule has 3 nitrogen and oxygen atoms in total. The molecular formula is C14H16FN3. The van der Waals surface area contributed by atoms with Gasteiger partial charge >= 0.3 is 0 Å². The summed E-state index contributed by atoms with van der Waals surface area (Å²) in [5.74, 6) is 0.205. The molecule has 94 valence electrons. The molecule has 0 amide bonds. The first kappa shape index (κ1) is 12.6. The molecule has 0 atom stereocenters. The number of rotatable bonds is 3. The van der Waals surface area contributed by atoms with Crippen molar-refractivity contribution in [2.24, 2.45) is 0 Å². The maximum absolute atomic E-state index is 13.6. The van der Waals surface area contributed by atoms with E-state index in [0.717, 1.165) is 23.2 Å². The van der Waals surface area contributed by atoms with E-state index in [1.165, 1.54) is 13.8 Å². The van der Waals surface area contributed by atoms with Crippen LogP contribution in [0.4, 0.5) is 4.39 Å². The Morgan fingerprint density at radius 1 is 1.11 bits per heavy atom. The molecule has 18 heavy (non-hydrogen) atoms. The van der Waals surface area contributed by atoms with Crippen LogP contribution in [0, 0.1) is 0 Å². The monoisotopic (exact) mass is 245 g/mol. The Kier molecular flexibility index (Phi) is 3.36. The Hall–Kier alpha value is -1.84. The highest BCUT2D eigenvalue weighted by molar-refractivity contribution is 5.61. The number of pyridine rings is 1. The van der Waals surface area contributed by atoms with Crippen LogP contribution in [-0.4, -0.2) is 15.0 Å². The van der Waals surface area contributed by atoms with Crippen LogP contribution >= 0.6 is 0 Å². The average Bonchev–Trinajstić information content (AvgIpc) is 2.38. The molecule has 0 aromatic carbocycles. The highest BCUT2D eigenvalue weighted by Gasteiger charge is 2.21. The van der Waals surface area contributed by atoms with Crippen molar-refractivity contribution < 1.29 is 4.39 Å². The van der Waals surface area contributed by atoms with Crippen LogP contribution in [0.2, 0.25) is 0 Å². The first-order chi connectivity index (χ1) is 8.50. The Morgan fingerprint density at radius 2 is 1.78 bits per heavy atom. The van der Waals surface area contributed by atoms with E-state index in [4.69, 9.17) is 0 Å². The molecule has 0 unspecified atom stereocenters. The number of halogens is 1. The molecule has 0 aliphatic carbocycles. The van der Waals surface area contributed by atoms with Crippen molar-refractivity contribution in [2.45, 2.75) is 32.9 Å². The number of alkyl halides is 1. The molecule has 0 N–H and O–H groups in total. The number of hydrogen-bond acceptors (Lipinski definition) is 3. The van der Waals surface area contributed by atoms with E-state index >= 15 is 0 Å². The van der Waals surface area contributed by atoms with Crippen molar-refractivity contribution in [3.05, 3.63) is 42.2 Å². The summed E-state index contributed by atoms with van der Waals surface area (Å²) in [4.78, 5) is 12.4. The lowest BCUT2D eigenvalue weighted by molar-refractivity contribution is 0.206. The zero-order chi connectivity index (χ0) is 13.2. The van der Waals surface area contributed by atoms with Gasteiger partial charge in [-0.15, -0.1) is 0 Å². The molecule has 2 aromatic heterocycles. The Bertz CT molecular complexity index is 529. The quantitative estimate of drug-likeness (QED) is 0.832. The molecule has 0 aliphatic heterocycles. The van der Waals surface area contributed by atoms with Crippen molar-refractivity contribution in [3.63, 3.8) is 0 Å². The van der Waals surface area contributed by atoms with Crippen LogP contribution < -0.4 is 0 Å². The first-order valence-corrected chi connectivity index (χ1v) is 5.97. The zero-order valence-corrected chi connectivity index (χ0v) is 10.8. The van der Waals surface area contributed by atoms with Crippen molar-refractivity contribution in [1.82, 2.24) is 15.0 Å². The molecule has 2 aromatic rings.